The number of aromatic nitrogens is 3. The average molecular weight is 578 g/mol. The Kier molecular flexibility index (Phi) is 4.87. The monoisotopic (exact) mass is 577 g/mol. The van der Waals surface area contributed by atoms with Crippen molar-refractivity contribution in [1.29, 1.82) is 0 Å². The van der Waals surface area contributed by atoms with Crippen molar-refractivity contribution in [2.75, 3.05) is 0 Å². The number of imidazole rings is 1. The summed E-state index contributed by atoms with van der Waals surface area (Å²) >= 11 is 1.85. The third-order valence-electron chi connectivity index (χ3n) is 9.03. The summed E-state index contributed by atoms with van der Waals surface area (Å²) < 4.78 is 4.89. The molecule has 204 valence electrons. The van der Waals surface area contributed by atoms with Crippen molar-refractivity contribution in [2.45, 2.75) is 0 Å². The van der Waals surface area contributed by atoms with Gasteiger partial charge in [0.25, 0.3) is 0 Å². The zero-order valence-corrected chi connectivity index (χ0v) is 24.3. The molecule has 0 amide bonds. The van der Waals surface area contributed by atoms with Crippen molar-refractivity contribution in [2.24, 2.45) is 0 Å². The van der Waals surface area contributed by atoms with Crippen LogP contribution in [0.2, 0.25) is 0 Å². The molecule has 4 heteroatoms. The Balaban J connectivity index is 1.22. The van der Waals surface area contributed by atoms with E-state index in [1.54, 1.807) is 0 Å². The third kappa shape index (κ3) is 3.31. The maximum absolute atomic E-state index is 5.20. The number of thiophene rings is 1. The molecule has 0 N–H and O–H groups in total. The van der Waals surface area contributed by atoms with Gasteiger partial charge in [-0.25, -0.2) is 4.98 Å². The van der Waals surface area contributed by atoms with Crippen LogP contribution in [0.15, 0.2) is 140 Å². The third-order valence-corrected chi connectivity index (χ3v) is 10.3. The molecule has 0 spiro atoms. The molecule has 0 aliphatic rings. The first-order chi connectivity index (χ1) is 21.8. The minimum atomic E-state index is 1.01. The molecule has 0 aliphatic heterocycles. The largest absolute Gasteiger partial charge is 0.291 e. The molecule has 0 unspecified atom stereocenters. The Bertz CT molecular complexity index is 2770. The van der Waals surface area contributed by atoms with E-state index < -0.39 is 0 Å². The van der Waals surface area contributed by atoms with E-state index in [9.17, 15) is 0 Å². The molecule has 0 saturated heterocycles. The maximum Gasteiger partial charge on any atom is 0.156 e. The predicted octanol–water partition coefficient (Wildman–Crippen LogP) is 11.0. The van der Waals surface area contributed by atoms with Gasteiger partial charge in [-0.2, -0.15) is 0 Å². The summed E-state index contributed by atoms with van der Waals surface area (Å²) in [5, 5.41) is 8.66. The van der Waals surface area contributed by atoms with Crippen LogP contribution in [0.3, 0.4) is 0 Å². The summed E-state index contributed by atoms with van der Waals surface area (Å²) in [6.07, 6.45) is 1.87. The summed E-state index contributed by atoms with van der Waals surface area (Å²) in [6.45, 7) is 0. The number of pyridine rings is 2. The number of fused-ring (bicyclic) bond motifs is 12. The lowest BCUT2D eigenvalue weighted by Crippen LogP contribution is -1.93. The number of hydrogen-bond donors (Lipinski definition) is 0. The van der Waals surface area contributed by atoms with Gasteiger partial charge in [-0.05, 0) is 57.1 Å². The zero-order valence-electron chi connectivity index (χ0n) is 23.5. The van der Waals surface area contributed by atoms with Gasteiger partial charge in [-0.15, -0.1) is 11.3 Å². The molecule has 10 aromatic rings. The highest BCUT2D eigenvalue weighted by Gasteiger charge is 2.18. The molecule has 0 saturated carbocycles. The molecule has 0 radical (unpaired) electrons. The molecular weight excluding hydrogens is 555 g/mol. The fourth-order valence-corrected chi connectivity index (χ4v) is 8.26. The number of rotatable bonds is 2. The lowest BCUT2D eigenvalue weighted by Gasteiger charge is -2.12. The maximum atomic E-state index is 5.20. The summed E-state index contributed by atoms with van der Waals surface area (Å²) in [4.78, 5) is 9.89. The summed E-state index contributed by atoms with van der Waals surface area (Å²) in [7, 11) is 0. The number of para-hydroxylation sites is 2. The standard InChI is InChI=1S/C40H23N3S/c1-2-9-29-24(7-1)18-21-32-33-23-36(43-35-13-4-3-12-34(35)42-40(43)39(33)44-38(29)32)26-16-14-25(15-17-26)28-10-5-11-31-30(28)20-19-27-8-6-22-41-37(27)31/h1-23H. The molecule has 4 heterocycles. The topological polar surface area (TPSA) is 30.2 Å². The van der Waals surface area contributed by atoms with E-state index >= 15 is 0 Å². The van der Waals surface area contributed by atoms with Crippen molar-refractivity contribution in [3.63, 3.8) is 0 Å². The lowest BCUT2D eigenvalue weighted by atomic mass is 9.95. The van der Waals surface area contributed by atoms with Crippen molar-refractivity contribution in [1.82, 2.24) is 14.4 Å². The highest BCUT2D eigenvalue weighted by molar-refractivity contribution is 7.27. The summed E-state index contributed by atoms with van der Waals surface area (Å²) in [5.41, 5.74) is 8.91. The van der Waals surface area contributed by atoms with Crippen LogP contribution in [0.5, 0.6) is 0 Å². The van der Waals surface area contributed by atoms with Crippen molar-refractivity contribution < 1.29 is 0 Å². The van der Waals surface area contributed by atoms with Crippen molar-refractivity contribution in [3.8, 4) is 22.4 Å². The average Bonchev–Trinajstić information content (AvgIpc) is 3.67. The van der Waals surface area contributed by atoms with Gasteiger partial charge in [-0.3, -0.25) is 9.38 Å². The van der Waals surface area contributed by atoms with Crippen LogP contribution < -0.4 is 0 Å². The van der Waals surface area contributed by atoms with E-state index in [0.29, 0.717) is 0 Å². The zero-order chi connectivity index (χ0) is 28.8. The molecule has 4 aromatic heterocycles. The van der Waals surface area contributed by atoms with E-state index in [2.05, 4.69) is 132 Å². The van der Waals surface area contributed by atoms with Crippen LogP contribution in [0.4, 0.5) is 0 Å². The minimum Gasteiger partial charge on any atom is -0.291 e. The Morgan fingerprint density at radius 2 is 1.30 bits per heavy atom. The van der Waals surface area contributed by atoms with E-state index in [0.717, 1.165) is 38.8 Å². The second kappa shape index (κ2) is 8.96. The fourth-order valence-electron chi connectivity index (χ4n) is 6.96. The first kappa shape index (κ1) is 23.9. The molecule has 0 aliphatic carbocycles. The van der Waals surface area contributed by atoms with Gasteiger partial charge < -0.3 is 0 Å². The van der Waals surface area contributed by atoms with Crippen LogP contribution in [0, 0.1) is 0 Å². The van der Waals surface area contributed by atoms with E-state index in [1.165, 1.54) is 52.8 Å². The molecule has 0 fully saturated rings. The Hall–Kier alpha value is -5.58. The normalized spacial score (nSPS) is 12.1. The first-order valence-electron chi connectivity index (χ1n) is 14.8. The van der Waals surface area contributed by atoms with E-state index in [4.69, 9.17) is 9.97 Å². The van der Waals surface area contributed by atoms with Gasteiger partial charge in [0.05, 0.1) is 26.9 Å². The molecule has 0 atom stereocenters. The lowest BCUT2D eigenvalue weighted by molar-refractivity contribution is 1.25. The summed E-state index contributed by atoms with van der Waals surface area (Å²) in [6, 6.07) is 48.1. The fraction of sp³-hybridized carbons (Fsp3) is 0. The Morgan fingerprint density at radius 3 is 2.25 bits per heavy atom. The van der Waals surface area contributed by atoms with Gasteiger partial charge in [0.1, 0.15) is 0 Å². The second-order valence-corrected chi connectivity index (χ2v) is 12.4. The highest BCUT2D eigenvalue weighted by atomic mass is 32.1. The molecule has 0 bridgehead atoms. The van der Waals surface area contributed by atoms with Gasteiger partial charge >= 0.3 is 0 Å². The number of nitrogens with zero attached hydrogens (tertiary/aromatic N) is 3. The molecule has 44 heavy (non-hydrogen) atoms. The van der Waals surface area contributed by atoms with Crippen LogP contribution in [-0.4, -0.2) is 14.4 Å². The first-order valence-corrected chi connectivity index (χ1v) is 15.6. The second-order valence-electron chi connectivity index (χ2n) is 11.4. The number of hydrogen-bond acceptors (Lipinski definition) is 3. The van der Waals surface area contributed by atoms with Crippen LogP contribution in [0.1, 0.15) is 0 Å². The SMILES string of the molecule is c1ccc2c(c1)ccc1c3cc(-c4ccc(-c5cccc6c5ccc5cccnc56)cc4)n4c5ccccc5nc4c3sc21. The smallest absolute Gasteiger partial charge is 0.156 e. The van der Waals surface area contributed by atoms with E-state index in [-0.39, 0.29) is 0 Å². The summed E-state index contributed by atoms with van der Waals surface area (Å²) in [5.74, 6) is 0. The molecular formula is C40H23N3S. The Labute approximate surface area is 256 Å². The van der Waals surface area contributed by atoms with Crippen LogP contribution in [0.25, 0.3) is 91.7 Å². The molecule has 3 nitrogen and oxygen atoms in total. The quantitative estimate of drug-likeness (QED) is 0.191. The molecule has 6 aromatic carbocycles. The Morgan fingerprint density at radius 1 is 0.523 bits per heavy atom. The predicted molar refractivity (Wildman–Crippen MR) is 187 cm³/mol. The highest BCUT2D eigenvalue weighted by Crippen LogP contribution is 2.43. The van der Waals surface area contributed by atoms with Crippen LogP contribution in [-0.2, 0) is 0 Å². The van der Waals surface area contributed by atoms with Gasteiger partial charge in [0, 0.05) is 32.4 Å². The molecule has 10 rings (SSSR count). The van der Waals surface area contributed by atoms with Crippen molar-refractivity contribution in [3.05, 3.63) is 140 Å². The van der Waals surface area contributed by atoms with Crippen LogP contribution >= 0.6 is 11.3 Å². The minimum absolute atomic E-state index is 1.01. The van der Waals surface area contributed by atoms with Crippen molar-refractivity contribution >= 4 is 80.6 Å². The van der Waals surface area contributed by atoms with Gasteiger partial charge in [0.2, 0.25) is 0 Å². The number of benzene rings is 6. The van der Waals surface area contributed by atoms with Gasteiger partial charge in [-0.1, -0.05) is 109 Å². The van der Waals surface area contributed by atoms with Gasteiger partial charge in [0.15, 0.2) is 5.65 Å². The van der Waals surface area contributed by atoms with E-state index in [1.807, 2.05) is 23.6 Å².